The number of aromatic nitrogens is 1. The van der Waals surface area contributed by atoms with Gasteiger partial charge < -0.3 is 5.73 Å². The number of aryl methyl sites for hydroxylation is 2. The van der Waals surface area contributed by atoms with Crippen LogP contribution < -0.4 is 5.73 Å². The fourth-order valence-corrected chi connectivity index (χ4v) is 2.59. The van der Waals surface area contributed by atoms with Crippen LogP contribution in [0.4, 0.5) is 0 Å². The van der Waals surface area contributed by atoms with Crippen LogP contribution in [0.2, 0.25) is 0 Å². The third-order valence-electron chi connectivity index (χ3n) is 2.69. The molecule has 0 amide bonds. The molecule has 0 fully saturated rings. The third kappa shape index (κ3) is 2.87. The molecular formula is C14H16N2S. The summed E-state index contributed by atoms with van der Waals surface area (Å²) in [6.45, 7) is 4.70. The Morgan fingerprint density at radius 1 is 1.12 bits per heavy atom. The first-order valence-corrected chi connectivity index (χ1v) is 6.41. The van der Waals surface area contributed by atoms with Crippen LogP contribution in [0.3, 0.4) is 0 Å². The Morgan fingerprint density at radius 2 is 1.82 bits per heavy atom. The van der Waals surface area contributed by atoms with E-state index >= 15 is 0 Å². The highest BCUT2D eigenvalue weighted by molar-refractivity contribution is 7.99. The van der Waals surface area contributed by atoms with Crippen molar-refractivity contribution in [3.05, 3.63) is 53.2 Å². The minimum Gasteiger partial charge on any atom is -0.326 e. The molecule has 2 aromatic rings. The number of hydrogen-bond donors (Lipinski definition) is 1. The summed E-state index contributed by atoms with van der Waals surface area (Å²) in [5.41, 5.74) is 9.39. The number of nitrogens with two attached hydrogens (primary N) is 1. The van der Waals surface area contributed by atoms with E-state index in [1.54, 1.807) is 11.8 Å². The lowest BCUT2D eigenvalue weighted by Crippen LogP contribution is -2.02. The molecule has 3 heteroatoms. The fraction of sp³-hybridized carbons (Fsp3) is 0.214. The summed E-state index contributed by atoms with van der Waals surface area (Å²) in [7, 11) is 0. The largest absolute Gasteiger partial charge is 0.326 e. The second kappa shape index (κ2) is 5.34. The zero-order valence-electron chi connectivity index (χ0n) is 10.1. The maximum Gasteiger partial charge on any atom is 0.105 e. The molecule has 0 aliphatic carbocycles. The molecule has 0 atom stereocenters. The Hall–Kier alpha value is -1.32. The lowest BCUT2D eigenvalue weighted by atomic mass is 10.2. The van der Waals surface area contributed by atoms with Crippen LogP contribution in [-0.2, 0) is 6.54 Å². The van der Waals surface area contributed by atoms with E-state index in [0.717, 1.165) is 10.6 Å². The van der Waals surface area contributed by atoms with Gasteiger partial charge in [0.05, 0.1) is 0 Å². The third-order valence-corrected chi connectivity index (χ3v) is 3.74. The molecule has 1 aromatic carbocycles. The second-order valence-corrected chi connectivity index (χ2v) is 5.09. The molecule has 17 heavy (non-hydrogen) atoms. The highest BCUT2D eigenvalue weighted by atomic mass is 32.2. The van der Waals surface area contributed by atoms with E-state index in [1.807, 2.05) is 12.3 Å². The molecule has 1 heterocycles. The predicted octanol–water partition coefficient (Wildman–Crippen LogP) is 3.31. The summed E-state index contributed by atoms with van der Waals surface area (Å²) in [5.74, 6) is 0. The predicted molar refractivity (Wildman–Crippen MR) is 72.2 cm³/mol. The van der Waals surface area contributed by atoms with Crippen molar-refractivity contribution >= 4 is 11.8 Å². The first-order chi connectivity index (χ1) is 8.20. The molecule has 0 saturated heterocycles. The molecule has 1 aromatic heterocycles. The topological polar surface area (TPSA) is 38.9 Å². The highest BCUT2D eigenvalue weighted by Gasteiger charge is 2.07. The Balaban J connectivity index is 2.29. The molecule has 0 unspecified atom stereocenters. The van der Waals surface area contributed by atoms with Crippen LogP contribution in [0, 0.1) is 13.8 Å². The summed E-state index contributed by atoms with van der Waals surface area (Å²) >= 11 is 1.67. The van der Waals surface area contributed by atoms with Crippen molar-refractivity contribution in [3.8, 4) is 0 Å². The van der Waals surface area contributed by atoms with Crippen molar-refractivity contribution in [1.82, 2.24) is 4.98 Å². The van der Waals surface area contributed by atoms with Crippen LogP contribution in [0.1, 0.15) is 16.7 Å². The average Bonchev–Trinajstić information content (AvgIpc) is 2.32. The van der Waals surface area contributed by atoms with E-state index in [1.165, 1.54) is 16.0 Å². The van der Waals surface area contributed by atoms with Gasteiger partial charge in [0.2, 0.25) is 0 Å². The highest BCUT2D eigenvalue weighted by Crippen LogP contribution is 2.29. The maximum atomic E-state index is 5.78. The number of pyridine rings is 1. The summed E-state index contributed by atoms with van der Waals surface area (Å²) in [4.78, 5) is 5.61. The minimum atomic E-state index is 0.536. The van der Waals surface area contributed by atoms with E-state index in [-0.39, 0.29) is 0 Å². The van der Waals surface area contributed by atoms with E-state index in [2.05, 4.69) is 43.1 Å². The summed E-state index contributed by atoms with van der Waals surface area (Å²) < 4.78 is 0. The number of hydrogen-bond acceptors (Lipinski definition) is 3. The number of rotatable bonds is 3. The van der Waals surface area contributed by atoms with Gasteiger partial charge in [-0.1, -0.05) is 29.5 Å². The van der Waals surface area contributed by atoms with Crippen molar-refractivity contribution in [2.75, 3.05) is 0 Å². The monoisotopic (exact) mass is 244 g/mol. The van der Waals surface area contributed by atoms with Gasteiger partial charge in [0.25, 0.3) is 0 Å². The van der Waals surface area contributed by atoms with E-state index in [0.29, 0.717) is 6.54 Å². The second-order valence-electron chi connectivity index (χ2n) is 4.03. The van der Waals surface area contributed by atoms with Crippen molar-refractivity contribution in [2.24, 2.45) is 5.73 Å². The van der Waals surface area contributed by atoms with Crippen LogP contribution >= 0.6 is 11.8 Å². The van der Waals surface area contributed by atoms with Crippen LogP contribution in [-0.4, -0.2) is 4.98 Å². The zero-order valence-corrected chi connectivity index (χ0v) is 10.9. The van der Waals surface area contributed by atoms with Crippen LogP contribution in [0.15, 0.2) is 46.5 Å². The van der Waals surface area contributed by atoms with Gasteiger partial charge in [0.1, 0.15) is 5.03 Å². The Morgan fingerprint density at radius 3 is 2.47 bits per heavy atom. The van der Waals surface area contributed by atoms with Crippen LogP contribution in [0.25, 0.3) is 0 Å². The van der Waals surface area contributed by atoms with Gasteiger partial charge in [-0.05, 0) is 37.6 Å². The molecule has 0 saturated carbocycles. The summed E-state index contributed by atoms with van der Waals surface area (Å²) in [6.07, 6.45) is 1.84. The zero-order chi connectivity index (χ0) is 12.3. The molecule has 88 valence electrons. The van der Waals surface area contributed by atoms with Gasteiger partial charge in [-0.15, -0.1) is 0 Å². The van der Waals surface area contributed by atoms with Crippen molar-refractivity contribution in [3.63, 3.8) is 0 Å². The smallest absolute Gasteiger partial charge is 0.105 e. The van der Waals surface area contributed by atoms with Gasteiger partial charge in [-0.2, -0.15) is 0 Å². The van der Waals surface area contributed by atoms with Gasteiger partial charge in [-0.25, -0.2) is 4.98 Å². The Labute approximate surface area is 106 Å². The van der Waals surface area contributed by atoms with Gasteiger partial charge in [0, 0.05) is 23.2 Å². The van der Waals surface area contributed by atoms with E-state index in [9.17, 15) is 0 Å². The lowest BCUT2D eigenvalue weighted by molar-refractivity contribution is 0.943. The molecular weight excluding hydrogens is 228 g/mol. The van der Waals surface area contributed by atoms with Crippen molar-refractivity contribution < 1.29 is 0 Å². The van der Waals surface area contributed by atoms with E-state index < -0.39 is 0 Å². The summed E-state index contributed by atoms with van der Waals surface area (Å²) in [5, 5.41) is 1.01. The van der Waals surface area contributed by atoms with Crippen LogP contribution in [0.5, 0.6) is 0 Å². The summed E-state index contributed by atoms with van der Waals surface area (Å²) in [6, 6.07) is 10.5. The molecule has 0 aliphatic heterocycles. The lowest BCUT2D eigenvalue weighted by Gasteiger charge is -2.09. The standard InChI is InChI=1S/C14H16N2S/c1-10-3-5-12(6-4-10)17-14-13(9-15)11(2)7-8-16-14/h3-8H,9,15H2,1-2H3. The van der Waals surface area contributed by atoms with Gasteiger partial charge in [0.15, 0.2) is 0 Å². The quantitative estimate of drug-likeness (QED) is 0.900. The fourth-order valence-electron chi connectivity index (χ4n) is 1.62. The Bertz CT molecular complexity index is 506. The number of nitrogens with zero attached hydrogens (tertiary/aromatic N) is 1. The minimum absolute atomic E-state index is 0.536. The molecule has 2 rings (SSSR count). The Kier molecular flexibility index (Phi) is 3.82. The molecule has 2 N–H and O–H groups in total. The maximum absolute atomic E-state index is 5.78. The molecule has 0 radical (unpaired) electrons. The molecule has 0 spiro atoms. The average molecular weight is 244 g/mol. The molecule has 0 bridgehead atoms. The van der Waals surface area contributed by atoms with Gasteiger partial charge in [-0.3, -0.25) is 0 Å². The van der Waals surface area contributed by atoms with Crippen molar-refractivity contribution in [1.29, 1.82) is 0 Å². The van der Waals surface area contributed by atoms with E-state index in [4.69, 9.17) is 5.73 Å². The molecule has 2 nitrogen and oxygen atoms in total. The first-order valence-electron chi connectivity index (χ1n) is 5.60. The SMILES string of the molecule is Cc1ccc(Sc2nccc(C)c2CN)cc1. The normalized spacial score (nSPS) is 10.5. The first kappa shape index (κ1) is 12.1. The number of benzene rings is 1. The molecule has 0 aliphatic rings. The van der Waals surface area contributed by atoms with Crippen molar-refractivity contribution in [2.45, 2.75) is 30.3 Å². The van der Waals surface area contributed by atoms with Gasteiger partial charge >= 0.3 is 0 Å².